The number of rotatable bonds is 5. The third kappa shape index (κ3) is 4.26. The van der Waals surface area contributed by atoms with Crippen molar-refractivity contribution in [3.8, 4) is 0 Å². The topological polar surface area (TPSA) is 115 Å². The highest BCUT2D eigenvalue weighted by atomic mass is 16.2. The van der Waals surface area contributed by atoms with E-state index in [9.17, 15) is 9.59 Å². The molecule has 0 saturated carbocycles. The van der Waals surface area contributed by atoms with Gasteiger partial charge in [0.2, 0.25) is 5.91 Å². The average Bonchev–Trinajstić information content (AvgIpc) is 3.03. The quantitative estimate of drug-likeness (QED) is 0.617. The van der Waals surface area contributed by atoms with Crippen LogP contribution in [0.3, 0.4) is 0 Å². The van der Waals surface area contributed by atoms with Crippen LogP contribution in [0.1, 0.15) is 32.7 Å². The molecular weight excluding hydrogens is 368 g/mol. The highest BCUT2D eigenvalue weighted by molar-refractivity contribution is 6.06. The van der Waals surface area contributed by atoms with Gasteiger partial charge in [0.25, 0.3) is 5.91 Å². The third-order valence-electron chi connectivity index (χ3n) is 5.01. The summed E-state index contributed by atoms with van der Waals surface area (Å²) >= 11 is 0. The van der Waals surface area contributed by atoms with Crippen LogP contribution in [0.25, 0.3) is 0 Å². The number of hydrogen-bond acceptors (Lipinski definition) is 5. The van der Waals surface area contributed by atoms with Crippen LogP contribution < -0.4 is 16.4 Å². The van der Waals surface area contributed by atoms with E-state index in [0.29, 0.717) is 5.69 Å². The average molecular weight is 392 g/mol. The molecule has 0 bridgehead atoms. The summed E-state index contributed by atoms with van der Waals surface area (Å²) in [4.78, 5) is 25.0. The Labute approximate surface area is 169 Å². The summed E-state index contributed by atoms with van der Waals surface area (Å²) in [6.45, 7) is 7.64. The molecule has 0 unspecified atom stereocenters. The van der Waals surface area contributed by atoms with Crippen LogP contribution in [0.2, 0.25) is 0 Å². The van der Waals surface area contributed by atoms with Gasteiger partial charge in [0, 0.05) is 11.4 Å². The first-order valence-corrected chi connectivity index (χ1v) is 9.20. The number of nitrogens with two attached hydrogens (primary N) is 1. The maximum absolute atomic E-state index is 12.6. The van der Waals surface area contributed by atoms with E-state index in [-0.39, 0.29) is 24.0 Å². The normalized spacial score (nSPS) is 10.6. The largest absolute Gasteiger partial charge is 0.382 e. The Balaban J connectivity index is 1.71. The minimum atomic E-state index is -0.475. The number of carbonyl (C=O) groups excluding carboxylic acids is 2. The molecule has 3 aromatic rings. The molecule has 0 atom stereocenters. The molecule has 1 aromatic heterocycles. The molecule has 150 valence electrons. The number of aryl methyl sites for hydroxylation is 2. The van der Waals surface area contributed by atoms with Gasteiger partial charge in [-0.25, -0.2) is 4.68 Å². The molecular formula is C21H24N6O2. The molecule has 8 heteroatoms. The summed E-state index contributed by atoms with van der Waals surface area (Å²) in [5, 5.41) is 13.3. The number of nitrogens with zero attached hydrogens (tertiary/aromatic N) is 3. The van der Waals surface area contributed by atoms with Gasteiger partial charge in [-0.3, -0.25) is 9.59 Å². The monoisotopic (exact) mass is 392 g/mol. The number of benzene rings is 2. The Morgan fingerprint density at radius 1 is 0.931 bits per heavy atom. The standard InChI is InChI=1S/C21H24N6O2/c1-12-7-5-9-16(14(12)3)23-18(28)11-27-20(22)19(25-26-27)21(29)24-17-10-6-8-13(2)15(17)4/h5-10H,11,22H2,1-4H3,(H,23,28)(H,24,29). The summed E-state index contributed by atoms with van der Waals surface area (Å²) in [7, 11) is 0. The minimum absolute atomic E-state index is 0.0227. The van der Waals surface area contributed by atoms with Gasteiger partial charge in [-0.2, -0.15) is 0 Å². The molecule has 0 aliphatic carbocycles. The fourth-order valence-corrected chi connectivity index (χ4v) is 2.88. The Hall–Kier alpha value is -3.68. The van der Waals surface area contributed by atoms with Crippen molar-refractivity contribution in [2.45, 2.75) is 34.2 Å². The lowest BCUT2D eigenvalue weighted by atomic mass is 10.1. The van der Waals surface area contributed by atoms with Crippen LogP contribution in [0, 0.1) is 27.7 Å². The van der Waals surface area contributed by atoms with Crippen molar-refractivity contribution >= 4 is 29.0 Å². The van der Waals surface area contributed by atoms with Crippen LogP contribution in [0.5, 0.6) is 0 Å². The maximum Gasteiger partial charge on any atom is 0.280 e. The van der Waals surface area contributed by atoms with E-state index in [1.54, 1.807) is 6.07 Å². The number of carbonyl (C=O) groups is 2. The second-order valence-corrected chi connectivity index (χ2v) is 6.98. The van der Waals surface area contributed by atoms with E-state index >= 15 is 0 Å². The fourth-order valence-electron chi connectivity index (χ4n) is 2.88. The van der Waals surface area contributed by atoms with E-state index in [1.807, 2.05) is 58.0 Å². The number of hydrogen-bond donors (Lipinski definition) is 3. The molecule has 0 spiro atoms. The Bertz CT molecular complexity index is 1090. The first kappa shape index (κ1) is 20.1. The van der Waals surface area contributed by atoms with Gasteiger partial charge < -0.3 is 16.4 Å². The summed E-state index contributed by atoms with van der Waals surface area (Å²) in [5.41, 5.74) is 11.5. The van der Waals surface area contributed by atoms with Crippen molar-refractivity contribution in [3.05, 3.63) is 64.3 Å². The summed E-state index contributed by atoms with van der Waals surface area (Å²) in [5.74, 6) is -0.752. The first-order chi connectivity index (χ1) is 13.8. The highest BCUT2D eigenvalue weighted by Crippen LogP contribution is 2.20. The lowest BCUT2D eigenvalue weighted by Crippen LogP contribution is -2.22. The zero-order chi connectivity index (χ0) is 21.1. The van der Waals surface area contributed by atoms with Crippen LogP contribution >= 0.6 is 0 Å². The van der Waals surface area contributed by atoms with Gasteiger partial charge >= 0.3 is 0 Å². The summed E-state index contributed by atoms with van der Waals surface area (Å²) < 4.78 is 1.21. The van der Waals surface area contributed by atoms with Crippen molar-refractivity contribution in [1.29, 1.82) is 0 Å². The molecule has 29 heavy (non-hydrogen) atoms. The number of nitrogen functional groups attached to an aromatic ring is 1. The molecule has 1 heterocycles. The number of nitrogens with one attached hydrogen (secondary N) is 2. The lowest BCUT2D eigenvalue weighted by molar-refractivity contribution is -0.116. The molecule has 2 amide bonds. The molecule has 3 rings (SSSR count). The molecule has 0 saturated heterocycles. The number of amides is 2. The van der Waals surface area contributed by atoms with E-state index in [2.05, 4.69) is 20.9 Å². The molecule has 0 aliphatic heterocycles. The van der Waals surface area contributed by atoms with Gasteiger partial charge in [0.1, 0.15) is 6.54 Å². The van der Waals surface area contributed by atoms with Gasteiger partial charge in [0.15, 0.2) is 11.5 Å². The fraction of sp³-hybridized carbons (Fsp3) is 0.238. The second-order valence-electron chi connectivity index (χ2n) is 6.98. The van der Waals surface area contributed by atoms with E-state index in [4.69, 9.17) is 5.73 Å². The highest BCUT2D eigenvalue weighted by Gasteiger charge is 2.20. The second kappa shape index (κ2) is 8.14. The maximum atomic E-state index is 12.6. The van der Waals surface area contributed by atoms with Gasteiger partial charge in [0.05, 0.1) is 0 Å². The number of anilines is 3. The predicted octanol–water partition coefficient (Wildman–Crippen LogP) is 2.98. The van der Waals surface area contributed by atoms with E-state index in [1.165, 1.54) is 4.68 Å². The van der Waals surface area contributed by atoms with Crippen molar-refractivity contribution in [2.24, 2.45) is 0 Å². The molecule has 2 aromatic carbocycles. The van der Waals surface area contributed by atoms with E-state index in [0.717, 1.165) is 27.9 Å². The third-order valence-corrected chi connectivity index (χ3v) is 5.01. The van der Waals surface area contributed by atoms with Crippen LogP contribution in [-0.2, 0) is 11.3 Å². The van der Waals surface area contributed by atoms with Crippen molar-refractivity contribution in [2.75, 3.05) is 16.4 Å². The summed E-state index contributed by atoms with van der Waals surface area (Å²) in [6.07, 6.45) is 0. The molecule has 0 aliphatic rings. The molecule has 4 N–H and O–H groups in total. The van der Waals surface area contributed by atoms with Crippen LogP contribution in [0.4, 0.5) is 17.2 Å². The Kier molecular flexibility index (Phi) is 5.63. The predicted molar refractivity (Wildman–Crippen MR) is 113 cm³/mol. The Morgan fingerprint density at radius 2 is 1.48 bits per heavy atom. The van der Waals surface area contributed by atoms with Crippen molar-refractivity contribution < 1.29 is 9.59 Å². The molecule has 8 nitrogen and oxygen atoms in total. The van der Waals surface area contributed by atoms with Gasteiger partial charge in [-0.1, -0.05) is 29.5 Å². The van der Waals surface area contributed by atoms with Crippen molar-refractivity contribution in [3.63, 3.8) is 0 Å². The van der Waals surface area contributed by atoms with Gasteiger partial charge in [-0.15, -0.1) is 5.10 Å². The minimum Gasteiger partial charge on any atom is -0.382 e. The zero-order valence-corrected chi connectivity index (χ0v) is 16.9. The summed E-state index contributed by atoms with van der Waals surface area (Å²) in [6, 6.07) is 11.3. The van der Waals surface area contributed by atoms with Gasteiger partial charge in [-0.05, 0) is 62.1 Å². The zero-order valence-electron chi connectivity index (χ0n) is 16.9. The smallest absolute Gasteiger partial charge is 0.280 e. The number of aromatic nitrogens is 3. The lowest BCUT2D eigenvalue weighted by Gasteiger charge is -2.11. The molecule has 0 radical (unpaired) electrons. The van der Waals surface area contributed by atoms with Crippen LogP contribution in [0.15, 0.2) is 36.4 Å². The van der Waals surface area contributed by atoms with Crippen LogP contribution in [-0.4, -0.2) is 26.8 Å². The SMILES string of the molecule is Cc1cccc(NC(=O)Cn2nnc(C(=O)Nc3cccc(C)c3C)c2N)c1C. The Morgan fingerprint density at radius 3 is 2.07 bits per heavy atom. The van der Waals surface area contributed by atoms with E-state index < -0.39 is 5.91 Å². The molecule has 0 fully saturated rings. The first-order valence-electron chi connectivity index (χ1n) is 9.20. The van der Waals surface area contributed by atoms with Crippen molar-refractivity contribution in [1.82, 2.24) is 15.0 Å².